The number of ether oxygens (including phenoxy) is 1. The summed E-state index contributed by atoms with van der Waals surface area (Å²) in [5.41, 5.74) is 2.14. The van der Waals surface area contributed by atoms with Gasteiger partial charge in [0, 0.05) is 29.3 Å². The number of anilines is 1. The van der Waals surface area contributed by atoms with Gasteiger partial charge in [-0.3, -0.25) is 0 Å². The maximum absolute atomic E-state index is 5.36. The van der Waals surface area contributed by atoms with Gasteiger partial charge in [-0.15, -0.1) is 11.3 Å². The van der Waals surface area contributed by atoms with Crippen molar-refractivity contribution in [3.05, 3.63) is 40.5 Å². The lowest BCUT2D eigenvalue weighted by molar-refractivity contribution is 0.134. The molecule has 0 aliphatic rings. The summed E-state index contributed by atoms with van der Waals surface area (Å²) in [6.45, 7) is 4.05. The third-order valence-corrected chi connectivity index (χ3v) is 4.51. The van der Waals surface area contributed by atoms with Gasteiger partial charge in [-0.1, -0.05) is 0 Å². The van der Waals surface area contributed by atoms with E-state index in [0.717, 1.165) is 29.5 Å². The lowest BCUT2D eigenvalue weighted by Gasteiger charge is -2.04. The molecule has 0 radical (unpaired) electrons. The average Bonchev–Trinajstić information content (AvgIpc) is 3.11. The fourth-order valence-electron chi connectivity index (χ4n) is 1.86. The molecular weight excluding hydrogens is 290 g/mol. The Labute approximate surface area is 125 Å². The zero-order valence-corrected chi connectivity index (χ0v) is 12.8. The van der Waals surface area contributed by atoms with Gasteiger partial charge in [0.25, 0.3) is 0 Å². The van der Waals surface area contributed by atoms with Crippen LogP contribution in [0.1, 0.15) is 17.6 Å². The number of hydrogen-bond donors (Lipinski definition) is 1. The van der Waals surface area contributed by atoms with Gasteiger partial charge in [0.15, 0.2) is 0 Å². The van der Waals surface area contributed by atoms with E-state index >= 15 is 0 Å². The molecule has 6 heteroatoms. The summed E-state index contributed by atoms with van der Waals surface area (Å²) in [5.74, 6) is 0. The number of fused-ring (bicyclic) bond motifs is 1. The molecule has 0 aliphatic carbocycles. The van der Waals surface area contributed by atoms with E-state index < -0.39 is 0 Å². The van der Waals surface area contributed by atoms with E-state index in [1.807, 2.05) is 13.1 Å². The zero-order chi connectivity index (χ0) is 13.8. The smallest absolute Gasteiger partial charge is 0.119 e. The average molecular weight is 305 g/mol. The van der Waals surface area contributed by atoms with Gasteiger partial charge >= 0.3 is 0 Å². The van der Waals surface area contributed by atoms with Crippen LogP contribution in [-0.4, -0.2) is 16.0 Å². The molecule has 0 fully saturated rings. The van der Waals surface area contributed by atoms with Gasteiger partial charge in [-0.05, 0) is 36.7 Å². The van der Waals surface area contributed by atoms with Gasteiger partial charge in [0.1, 0.15) is 5.01 Å². The SMILES string of the molecule is CCOCc1nc(CNc2ccc3sncc3c2)cs1. The minimum absolute atomic E-state index is 0.605. The van der Waals surface area contributed by atoms with Gasteiger partial charge in [-0.2, -0.15) is 4.37 Å². The molecule has 3 aromatic rings. The van der Waals surface area contributed by atoms with Crippen LogP contribution in [0.2, 0.25) is 0 Å². The zero-order valence-electron chi connectivity index (χ0n) is 11.1. The van der Waals surface area contributed by atoms with Crippen LogP contribution in [0.15, 0.2) is 29.8 Å². The molecule has 2 heterocycles. The number of thiazole rings is 1. The van der Waals surface area contributed by atoms with Crippen molar-refractivity contribution >= 4 is 38.6 Å². The second-order valence-corrected chi connectivity index (χ2v) is 6.08. The number of hydrogen-bond acceptors (Lipinski definition) is 6. The summed E-state index contributed by atoms with van der Waals surface area (Å²) < 4.78 is 10.7. The van der Waals surface area contributed by atoms with E-state index in [9.17, 15) is 0 Å². The highest BCUT2D eigenvalue weighted by molar-refractivity contribution is 7.13. The molecule has 4 nitrogen and oxygen atoms in total. The molecular formula is C14H15N3OS2. The van der Waals surface area contributed by atoms with E-state index in [0.29, 0.717) is 6.61 Å². The number of nitrogens with zero attached hydrogens (tertiary/aromatic N) is 2. The number of rotatable bonds is 6. The first-order valence-corrected chi connectivity index (χ1v) is 8.10. The first-order chi connectivity index (χ1) is 9.85. The number of nitrogens with one attached hydrogen (secondary N) is 1. The summed E-state index contributed by atoms with van der Waals surface area (Å²) in [4.78, 5) is 4.54. The standard InChI is InChI=1S/C14H15N3OS2/c1-2-18-8-14-17-12(9-19-14)7-15-11-3-4-13-10(5-11)6-16-20-13/h3-6,9,15H,2,7-8H2,1H3. The molecule has 3 rings (SSSR count). The molecule has 0 unspecified atom stereocenters. The van der Waals surface area contributed by atoms with Crippen LogP contribution in [-0.2, 0) is 17.9 Å². The lowest BCUT2D eigenvalue weighted by atomic mass is 10.2. The maximum atomic E-state index is 5.36. The van der Waals surface area contributed by atoms with E-state index in [-0.39, 0.29) is 0 Å². The van der Waals surface area contributed by atoms with Crippen LogP contribution < -0.4 is 5.32 Å². The Morgan fingerprint density at radius 1 is 1.35 bits per heavy atom. The van der Waals surface area contributed by atoms with Crippen molar-refractivity contribution < 1.29 is 4.74 Å². The molecule has 20 heavy (non-hydrogen) atoms. The van der Waals surface area contributed by atoms with Crippen molar-refractivity contribution in [1.82, 2.24) is 9.36 Å². The fraction of sp³-hybridized carbons (Fsp3) is 0.286. The minimum Gasteiger partial charge on any atom is -0.379 e. The Kier molecular flexibility index (Phi) is 4.25. The van der Waals surface area contributed by atoms with Crippen molar-refractivity contribution in [3.8, 4) is 0 Å². The van der Waals surface area contributed by atoms with Gasteiger partial charge in [-0.25, -0.2) is 4.98 Å². The monoisotopic (exact) mass is 305 g/mol. The Hall–Kier alpha value is -1.50. The second kappa shape index (κ2) is 6.30. The van der Waals surface area contributed by atoms with E-state index in [1.165, 1.54) is 21.6 Å². The molecule has 0 amide bonds. The van der Waals surface area contributed by atoms with Gasteiger partial charge in [0.2, 0.25) is 0 Å². The van der Waals surface area contributed by atoms with Crippen molar-refractivity contribution in [2.45, 2.75) is 20.1 Å². The summed E-state index contributed by atoms with van der Waals surface area (Å²) >= 11 is 3.16. The molecule has 2 aromatic heterocycles. The molecule has 104 valence electrons. The van der Waals surface area contributed by atoms with Crippen LogP contribution in [0.4, 0.5) is 5.69 Å². The molecule has 0 bridgehead atoms. The predicted molar refractivity (Wildman–Crippen MR) is 84.4 cm³/mol. The maximum Gasteiger partial charge on any atom is 0.119 e. The topological polar surface area (TPSA) is 47.0 Å². The van der Waals surface area contributed by atoms with Crippen LogP contribution in [0.5, 0.6) is 0 Å². The molecule has 1 N–H and O–H groups in total. The van der Waals surface area contributed by atoms with Crippen LogP contribution >= 0.6 is 22.9 Å². The summed E-state index contributed by atoms with van der Waals surface area (Å²) in [5, 5.41) is 7.67. The van der Waals surface area contributed by atoms with Crippen molar-refractivity contribution in [1.29, 1.82) is 0 Å². The summed E-state index contributed by atoms with van der Waals surface area (Å²) in [7, 11) is 0. The van der Waals surface area contributed by atoms with Gasteiger partial charge < -0.3 is 10.1 Å². The molecule has 0 atom stereocenters. The largest absolute Gasteiger partial charge is 0.379 e. The third-order valence-electron chi connectivity index (χ3n) is 2.86. The van der Waals surface area contributed by atoms with Crippen LogP contribution in [0.25, 0.3) is 10.1 Å². The van der Waals surface area contributed by atoms with E-state index in [1.54, 1.807) is 11.3 Å². The molecule has 1 aromatic carbocycles. The predicted octanol–water partition coefficient (Wildman–Crippen LogP) is 3.90. The first-order valence-electron chi connectivity index (χ1n) is 6.44. The highest BCUT2D eigenvalue weighted by atomic mass is 32.1. The summed E-state index contributed by atoms with van der Waals surface area (Å²) in [6.07, 6.45) is 1.90. The Morgan fingerprint density at radius 2 is 2.30 bits per heavy atom. The molecule has 0 saturated heterocycles. The van der Waals surface area contributed by atoms with Crippen molar-refractivity contribution in [2.24, 2.45) is 0 Å². The van der Waals surface area contributed by atoms with Crippen LogP contribution in [0, 0.1) is 0 Å². The van der Waals surface area contributed by atoms with E-state index in [2.05, 4.69) is 38.3 Å². The summed E-state index contributed by atoms with van der Waals surface area (Å²) in [6, 6.07) is 6.29. The second-order valence-electron chi connectivity index (χ2n) is 4.30. The molecule has 0 saturated carbocycles. The normalized spacial score (nSPS) is 11.1. The quantitative estimate of drug-likeness (QED) is 0.750. The molecule has 0 spiro atoms. The highest BCUT2D eigenvalue weighted by Crippen LogP contribution is 2.22. The fourth-order valence-corrected chi connectivity index (χ4v) is 3.22. The Morgan fingerprint density at radius 3 is 3.20 bits per heavy atom. The van der Waals surface area contributed by atoms with Crippen molar-refractivity contribution in [2.75, 3.05) is 11.9 Å². The number of aromatic nitrogens is 2. The van der Waals surface area contributed by atoms with Crippen LogP contribution in [0.3, 0.4) is 0 Å². The Balaban J connectivity index is 1.62. The van der Waals surface area contributed by atoms with Crippen molar-refractivity contribution in [3.63, 3.8) is 0 Å². The number of benzene rings is 1. The first kappa shape index (κ1) is 13.5. The minimum atomic E-state index is 0.605. The third kappa shape index (κ3) is 3.15. The van der Waals surface area contributed by atoms with Gasteiger partial charge in [0.05, 0.1) is 23.5 Å². The Bertz CT molecular complexity index is 692. The lowest BCUT2D eigenvalue weighted by Crippen LogP contribution is -2.00. The van der Waals surface area contributed by atoms with E-state index in [4.69, 9.17) is 4.74 Å². The molecule has 0 aliphatic heterocycles. The highest BCUT2D eigenvalue weighted by Gasteiger charge is 2.03.